The third-order valence-electron chi connectivity index (χ3n) is 18.5. The highest BCUT2D eigenvalue weighted by molar-refractivity contribution is 5.88. The van der Waals surface area contributed by atoms with Crippen molar-refractivity contribution in [3.05, 3.63) is 23.3 Å². The van der Waals surface area contributed by atoms with Crippen molar-refractivity contribution in [3.8, 4) is 0 Å². The summed E-state index contributed by atoms with van der Waals surface area (Å²) in [5, 5.41) is 34.5. The molecule has 8 rings (SSSR count). The molecule has 398 valence electrons. The molecule has 17 heteroatoms. The minimum absolute atomic E-state index is 0.0387. The van der Waals surface area contributed by atoms with Gasteiger partial charge in [-0.15, -0.1) is 0 Å². The van der Waals surface area contributed by atoms with Crippen LogP contribution in [0.15, 0.2) is 23.3 Å². The molecule has 0 spiro atoms. The molecular weight excluding hydrogens is 909 g/mol. The van der Waals surface area contributed by atoms with Gasteiger partial charge in [-0.2, -0.15) is 0 Å². The first-order valence-corrected chi connectivity index (χ1v) is 26.1. The number of hydrogen-bond donors (Lipinski definition) is 3. The van der Waals surface area contributed by atoms with E-state index in [9.17, 15) is 24.9 Å². The molecule has 3 saturated carbocycles. The van der Waals surface area contributed by atoms with Crippen LogP contribution in [-0.4, -0.2) is 165 Å². The standard InChI is InChI=1S/C53H84O17/c1-13-26(2)50(57)67-41-21-36-35(53(58)19-17-34(27(3)54)52(41,53)9)15-14-32-20-33(16-18-51(32,36)8)66-43-24-39(60-11)49(30(6)64-43)70-45-25-40(61-12)48(31(7)65-45)69-42-22-37(55)47(29(5)63-42)68-44-23-38(59-10)46(56)28(4)62-44/h13-14,28-31,33-49,55-56,58H,15-25H2,1-12H3/t28?,29?,30?,31?,33?,34?,35?,36?,37?,38?,39?,40?,41?,42-,43-,44-,45-,46+,47+,48+,49+,51?,52?,53?/m0/s1. The molecular formula is C53H84O17. The molecule has 0 aromatic heterocycles. The number of Topliss-reactive ketones (excluding diaryl/α,β-unsaturated/α-hetero) is 1. The van der Waals surface area contributed by atoms with E-state index < -0.39 is 115 Å². The second-order valence-electron chi connectivity index (χ2n) is 22.3. The summed E-state index contributed by atoms with van der Waals surface area (Å²) >= 11 is 0. The third kappa shape index (κ3) is 10.1. The first-order valence-electron chi connectivity index (χ1n) is 26.1. The highest BCUT2D eigenvalue weighted by Crippen LogP contribution is 2.68. The molecule has 3 N–H and O–H groups in total. The lowest BCUT2D eigenvalue weighted by Gasteiger charge is -2.63. The van der Waals surface area contributed by atoms with Gasteiger partial charge in [-0.25, -0.2) is 4.79 Å². The summed E-state index contributed by atoms with van der Waals surface area (Å²) in [4.78, 5) is 26.5. The topological polar surface area (TPSA) is 206 Å². The van der Waals surface area contributed by atoms with E-state index in [1.165, 1.54) is 5.57 Å². The SMILES string of the molecule is CC=C(C)C(=O)OC1CC2C(CC=C3CC(O[C@H]4CC(OC)[C@H](O[C@H]5CC(OC)[C@H](O[C@H]6CC(O)[C@H](O[C@H]7CC(OC)[C@H](O)C(C)O7)C(C)O6)C(C)O5)C(C)O4)CCC32C)C2(O)CCC(C(C)=O)C12C. The summed E-state index contributed by atoms with van der Waals surface area (Å²) in [6.07, 6.45) is 0.405. The maximum atomic E-state index is 13.3. The van der Waals surface area contributed by atoms with Crippen molar-refractivity contribution in [2.24, 2.45) is 28.6 Å². The predicted molar refractivity (Wildman–Crippen MR) is 252 cm³/mol. The lowest BCUT2D eigenvalue weighted by molar-refractivity contribution is -0.346. The Morgan fingerprint density at radius 1 is 0.686 bits per heavy atom. The van der Waals surface area contributed by atoms with Crippen molar-refractivity contribution in [1.82, 2.24) is 0 Å². The number of esters is 1. The minimum atomic E-state index is -1.15. The molecule has 0 aromatic carbocycles. The molecule has 4 aliphatic carbocycles. The first kappa shape index (κ1) is 54.3. The molecule has 4 aliphatic heterocycles. The van der Waals surface area contributed by atoms with Crippen LogP contribution in [0.1, 0.15) is 133 Å². The van der Waals surface area contributed by atoms with E-state index in [2.05, 4.69) is 13.0 Å². The van der Waals surface area contributed by atoms with Crippen molar-refractivity contribution >= 4 is 11.8 Å². The number of carbonyl (C=O) groups is 2. The smallest absolute Gasteiger partial charge is 0.333 e. The van der Waals surface area contributed by atoms with E-state index in [1.54, 1.807) is 48.2 Å². The van der Waals surface area contributed by atoms with E-state index in [0.29, 0.717) is 50.5 Å². The highest BCUT2D eigenvalue weighted by Gasteiger charge is 2.71. The zero-order chi connectivity index (χ0) is 50.6. The van der Waals surface area contributed by atoms with Gasteiger partial charge in [0, 0.05) is 63.9 Å². The summed E-state index contributed by atoms with van der Waals surface area (Å²) in [5.74, 6) is -0.738. The van der Waals surface area contributed by atoms with Crippen LogP contribution >= 0.6 is 0 Å². The van der Waals surface area contributed by atoms with Crippen LogP contribution in [0.5, 0.6) is 0 Å². The Morgan fingerprint density at radius 3 is 1.77 bits per heavy atom. The number of hydrogen-bond acceptors (Lipinski definition) is 17. The summed E-state index contributed by atoms with van der Waals surface area (Å²) in [7, 11) is 4.85. The monoisotopic (exact) mass is 993 g/mol. The molecule has 4 saturated heterocycles. The zero-order valence-corrected chi connectivity index (χ0v) is 43.6. The van der Waals surface area contributed by atoms with Crippen LogP contribution in [0, 0.1) is 28.6 Å². The van der Waals surface area contributed by atoms with Crippen LogP contribution in [0.2, 0.25) is 0 Å². The fourth-order valence-corrected chi connectivity index (χ4v) is 14.2. The molecule has 0 bridgehead atoms. The molecule has 16 unspecified atom stereocenters. The van der Waals surface area contributed by atoms with Gasteiger partial charge < -0.3 is 72.2 Å². The molecule has 7 fully saturated rings. The van der Waals surface area contributed by atoms with Crippen LogP contribution in [0.4, 0.5) is 0 Å². The number of fused-ring (bicyclic) bond motifs is 5. The van der Waals surface area contributed by atoms with E-state index in [4.69, 9.17) is 56.8 Å². The highest BCUT2D eigenvalue weighted by atomic mass is 16.8. The van der Waals surface area contributed by atoms with Gasteiger partial charge in [-0.1, -0.05) is 31.6 Å². The van der Waals surface area contributed by atoms with E-state index in [0.717, 1.165) is 19.3 Å². The van der Waals surface area contributed by atoms with Crippen molar-refractivity contribution in [1.29, 1.82) is 0 Å². The summed E-state index contributed by atoms with van der Waals surface area (Å²) in [5.41, 5.74) is -0.451. The van der Waals surface area contributed by atoms with Crippen LogP contribution in [0.3, 0.4) is 0 Å². The van der Waals surface area contributed by atoms with Gasteiger partial charge in [0.05, 0.1) is 60.5 Å². The van der Waals surface area contributed by atoms with Crippen LogP contribution in [-0.2, 0) is 66.4 Å². The lowest BCUT2D eigenvalue weighted by atomic mass is 9.45. The number of aliphatic hydroxyl groups excluding tert-OH is 2. The largest absolute Gasteiger partial charge is 0.458 e. The fourth-order valence-electron chi connectivity index (χ4n) is 14.2. The maximum Gasteiger partial charge on any atom is 0.333 e. The van der Waals surface area contributed by atoms with E-state index in [-0.39, 0.29) is 47.6 Å². The first-order chi connectivity index (χ1) is 33.2. The van der Waals surface area contributed by atoms with Gasteiger partial charge >= 0.3 is 5.97 Å². The number of aliphatic hydroxyl groups is 3. The van der Waals surface area contributed by atoms with Crippen LogP contribution < -0.4 is 0 Å². The molecule has 4 heterocycles. The predicted octanol–water partition coefficient (Wildman–Crippen LogP) is 5.60. The van der Waals surface area contributed by atoms with Crippen LogP contribution in [0.25, 0.3) is 0 Å². The summed E-state index contributed by atoms with van der Waals surface area (Å²) in [6.45, 7) is 16.9. The Kier molecular flexibility index (Phi) is 16.9. The number of rotatable bonds is 14. The van der Waals surface area contributed by atoms with Gasteiger partial charge in [0.15, 0.2) is 25.2 Å². The number of ketones is 1. The molecule has 17 nitrogen and oxygen atoms in total. The Morgan fingerprint density at radius 2 is 1.21 bits per heavy atom. The molecule has 0 radical (unpaired) electrons. The molecule has 24 atom stereocenters. The second-order valence-corrected chi connectivity index (χ2v) is 22.3. The Hall–Kier alpha value is -1.94. The van der Waals surface area contributed by atoms with Crippen molar-refractivity contribution in [2.75, 3.05) is 21.3 Å². The Labute approximate surface area is 414 Å². The summed E-state index contributed by atoms with van der Waals surface area (Å²) < 4.78 is 75.0. The van der Waals surface area contributed by atoms with E-state index in [1.807, 2.05) is 34.6 Å². The van der Waals surface area contributed by atoms with Gasteiger partial charge in [0.25, 0.3) is 0 Å². The number of allylic oxidation sites excluding steroid dienone is 2. The fraction of sp³-hybridized carbons (Fsp3) is 0.887. The zero-order valence-electron chi connectivity index (χ0n) is 43.6. The number of methoxy groups -OCH3 is 3. The number of carbonyl (C=O) groups excluding carboxylic acids is 2. The maximum absolute atomic E-state index is 13.3. The molecule has 0 amide bonds. The Bertz CT molecular complexity index is 1880. The Balaban J connectivity index is 0.850. The van der Waals surface area contributed by atoms with E-state index >= 15 is 0 Å². The normalized spacial score (nSPS) is 49.8. The summed E-state index contributed by atoms with van der Waals surface area (Å²) in [6, 6.07) is 0. The van der Waals surface area contributed by atoms with Gasteiger partial charge in [-0.3, -0.25) is 4.79 Å². The van der Waals surface area contributed by atoms with Gasteiger partial charge in [0.1, 0.15) is 36.3 Å². The second kappa shape index (κ2) is 21.7. The lowest BCUT2D eigenvalue weighted by Crippen LogP contribution is -2.66. The average molecular weight is 993 g/mol. The van der Waals surface area contributed by atoms with Gasteiger partial charge in [-0.05, 0) is 111 Å². The molecule has 8 aliphatic rings. The average Bonchev–Trinajstić information content (AvgIpc) is 3.61. The number of ether oxygens (including phenoxy) is 12. The molecule has 70 heavy (non-hydrogen) atoms. The van der Waals surface area contributed by atoms with Gasteiger partial charge in [0.2, 0.25) is 0 Å². The minimum Gasteiger partial charge on any atom is -0.458 e. The van der Waals surface area contributed by atoms with Crippen molar-refractivity contribution < 1.29 is 81.8 Å². The molecule has 0 aromatic rings. The van der Waals surface area contributed by atoms with Crippen molar-refractivity contribution in [2.45, 2.75) is 249 Å². The quantitative estimate of drug-likeness (QED) is 0.110. The van der Waals surface area contributed by atoms with Crippen molar-refractivity contribution in [3.63, 3.8) is 0 Å². The third-order valence-corrected chi connectivity index (χ3v) is 18.5.